The molecule has 0 spiro atoms. The molecule has 2 amide bonds. The fourth-order valence-corrected chi connectivity index (χ4v) is 0.798. The van der Waals surface area contributed by atoms with Crippen LogP contribution in [0.3, 0.4) is 0 Å². The minimum absolute atomic E-state index is 0.300. The van der Waals surface area contributed by atoms with Gasteiger partial charge in [0.2, 0.25) is 0 Å². The zero-order valence-corrected chi connectivity index (χ0v) is 8.90. The Morgan fingerprint density at radius 2 is 1.47 bits per heavy atom. The molecule has 0 radical (unpaired) electrons. The van der Waals surface area contributed by atoms with E-state index in [2.05, 4.69) is 14.8 Å². The Morgan fingerprint density at radius 3 is 1.73 bits per heavy atom. The van der Waals surface area contributed by atoms with Gasteiger partial charge in [-0.2, -0.15) is 0 Å². The number of carbonyl (C=O) groups is 3. The summed E-state index contributed by atoms with van der Waals surface area (Å²) in [5.74, 6) is -1.22. The lowest BCUT2D eigenvalue weighted by molar-refractivity contribution is -0.144. The molecule has 0 atom stereocenters. The van der Waals surface area contributed by atoms with E-state index in [9.17, 15) is 14.4 Å². The van der Waals surface area contributed by atoms with Gasteiger partial charge in [-0.15, -0.1) is 0 Å². The van der Waals surface area contributed by atoms with Crippen LogP contribution in [0.25, 0.3) is 0 Å². The van der Waals surface area contributed by atoms with Gasteiger partial charge in [-0.05, 0) is 0 Å². The number of urea groups is 1. The second-order valence-corrected chi connectivity index (χ2v) is 2.56. The number of hydrogen-bond donors (Lipinski definition) is 1. The molecule has 0 aromatic heterocycles. The average Bonchev–Trinajstić information content (AvgIpc) is 2.26. The van der Waals surface area contributed by atoms with Crippen molar-refractivity contribution in [3.8, 4) is 0 Å². The summed E-state index contributed by atoms with van der Waals surface area (Å²) in [6.45, 7) is -0.601. The van der Waals surface area contributed by atoms with E-state index in [1.54, 1.807) is 0 Å². The topological polar surface area (TPSA) is 84.9 Å². The van der Waals surface area contributed by atoms with E-state index < -0.39 is 18.0 Å². The summed E-state index contributed by atoms with van der Waals surface area (Å²) in [7, 11) is 3.79. The molecule has 0 saturated carbocycles. The number of rotatable bonds is 4. The monoisotopic (exact) mass is 218 g/mol. The van der Waals surface area contributed by atoms with Crippen LogP contribution in [0.4, 0.5) is 4.79 Å². The van der Waals surface area contributed by atoms with Crippen LogP contribution in [0.5, 0.6) is 0 Å². The Bertz CT molecular complexity index is 235. The summed E-state index contributed by atoms with van der Waals surface area (Å²) in [4.78, 5) is 34.0. The van der Waals surface area contributed by atoms with Crippen LogP contribution in [0.15, 0.2) is 0 Å². The molecule has 0 aliphatic heterocycles. The van der Waals surface area contributed by atoms with E-state index in [1.165, 1.54) is 21.3 Å². The fourth-order valence-electron chi connectivity index (χ4n) is 0.798. The number of nitrogens with zero attached hydrogens (tertiary/aromatic N) is 1. The lowest BCUT2D eigenvalue weighted by Crippen LogP contribution is -2.44. The van der Waals surface area contributed by atoms with Crippen LogP contribution < -0.4 is 5.32 Å². The van der Waals surface area contributed by atoms with Gasteiger partial charge in [-0.3, -0.25) is 9.59 Å². The van der Waals surface area contributed by atoms with E-state index in [1.807, 2.05) is 0 Å². The minimum Gasteiger partial charge on any atom is -0.468 e. The van der Waals surface area contributed by atoms with Crippen LogP contribution in [-0.2, 0) is 19.1 Å². The van der Waals surface area contributed by atoms with Crippen molar-refractivity contribution in [3.05, 3.63) is 0 Å². The van der Waals surface area contributed by atoms with Gasteiger partial charge in [0, 0.05) is 7.05 Å². The standard InChI is InChI=1S/C8H14N2O5/c1-9-8(13)10(4-6(11)14-2)5-7(12)15-3/h4-5H2,1-3H3,(H,9,13). The maximum Gasteiger partial charge on any atom is 0.325 e. The Labute approximate surface area is 87.3 Å². The third kappa shape index (κ3) is 4.84. The van der Waals surface area contributed by atoms with Crippen molar-refractivity contribution < 1.29 is 23.9 Å². The van der Waals surface area contributed by atoms with Gasteiger partial charge in [-0.1, -0.05) is 0 Å². The first-order valence-electron chi connectivity index (χ1n) is 4.15. The van der Waals surface area contributed by atoms with E-state index >= 15 is 0 Å². The third-order valence-corrected chi connectivity index (χ3v) is 1.60. The highest BCUT2D eigenvalue weighted by atomic mass is 16.5. The first kappa shape index (κ1) is 13.2. The highest BCUT2D eigenvalue weighted by Crippen LogP contribution is 1.92. The lowest BCUT2D eigenvalue weighted by Gasteiger charge is -2.19. The molecule has 86 valence electrons. The summed E-state index contributed by atoms with van der Waals surface area (Å²) in [6, 6.07) is -0.550. The van der Waals surface area contributed by atoms with Crippen LogP contribution in [0, 0.1) is 0 Å². The van der Waals surface area contributed by atoms with Crippen LogP contribution in [-0.4, -0.2) is 57.2 Å². The molecule has 15 heavy (non-hydrogen) atoms. The highest BCUT2D eigenvalue weighted by Gasteiger charge is 2.19. The SMILES string of the molecule is CNC(=O)N(CC(=O)OC)CC(=O)OC. The number of carbonyl (C=O) groups excluding carboxylic acids is 3. The molecular weight excluding hydrogens is 204 g/mol. The molecule has 0 rings (SSSR count). The summed E-state index contributed by atoms with van der Waals surface area (Å²) in [5, 5.41) is 2.30. The molecule has 0 heterocycles. The second kappa shape index (κ2) is 6.63. The first-order valence-corrected chi connectivity index (χ1v) is 4.15. The average molecular weight is 218 g/mol. The van der Waals surface area contributed by atoms with Crippen molar-refractivity contribution in [1.82, 2.24) is 10.2 Å². The molecule has 0 aliphatic carbocycles. The maximum absolute atomic E-state index is 11.2. The Kier molecular flexibility index (Phi) is 5.84. The molecular formula is C8H14N2O5. The minimum atomic E-state index is -0.609. The van der Waals surface area contributed by atoms with Crippen LogP contribution in [0.2, 0.25) is 0 Å². The largest absolute Gasteiger partial charge is 0.468 e. The van der Waals surface area contributed by atoms with E-state index in [4.69, 9.17) is 0 Å². The Morgan fingerprint density at radius 1 is 1.07 bits per heavy atom. The van der Waals surface area contributed by atoms with Gasteiger partial charge in [0.25, 0.3) is 0 Å². The van der Waals surface area contributed by atoms with Crippen molar-refractivity contribution in [2.45, 2.75) is 0 Å². The molecule has 0 saturated heterocycles. The predicted octanol–water partition coefficient (Wildman–Crippen LogP) is -1.03. The zero-order valence-electron chi connectivity index (χ0n) is 8.90. The van der Waals surface area contributed by atoms with Gasteiger partial charge in [0.05, 0.1) is 14.2 Å². The highest BCUT2D eigenvalue weighted by molar-refractivity contribution is 5.84. The number of methoxy groups -OCH3 is 2. The zero-order chi connectivity index (χ0) is 11.8. The van der Waals surface area contributed by atoms with Crippen molar-refractivity contribution >= 4 is 18.0 Å². The van der Waals surface area contributed by atoms with Crippen LogP contribution >= 0.6 is 0 Å². The number of amides is 2. The van der Waals surface area contributed by atoms with Gasteiger partial charge < -0.3 is 19.7 Å². The van der Waals surface area contributed by atoms with Gasteiger partial charge in [-0.25, -0.2) is 4.79 Å². The maximum atomic E-state index is 11.2. The molecule has 1 N–H and O–H groups in total. The third-order valence-electron chi connectivity index (χ3n) is 1.60. The number of ether oxygens (including phenoxy) is 2. The molecule has 0 fully saturated rings. The van der Waals surface area contributed by atoms with Crippen LogP contribution in [0.1, 0.15) is 0 Å². The summed E-state index contributed by atoms with van der Waals surface area (Å²) >= 11 is 0. The fraction of sp³-hybridized carbons (Fsp3) is 0.625. The molecule has 7 nitrogen and oxygen atoms in total. The van der Waals surface area contributed by atoms with E-state index in [0.717, 1.165) is 4.90 Å². The van der Waals surface area contributed by atoms with Gasteiger partial charge in [0.1, 0.15) is 13.1 Å². The molecule has 0 bridgehead atoms. The Balaban J connectivity index is 4.37. The van der Waals surface area contributed by atoms with Crippen molar-refractivity contribution in [2.24, 2.45) is 0 Å². The Hall–Kier alpha value is -1.79. The molecule has 0 aromatic carbocycles. The van der Waals surface area contributed by atoms with Gasteiger partial charge >= 0.3 is 18.0 Å². The normalized spacial score (nSPS) is 9.00. The second-order valence-electron chi connectivity index (χ2n) is 2.56. The van der Waals surface area contributed by atoms with Crippen molar-refractivity contribution in [1.29, 1.82) is 0 Å². The van der Waals surface area contributed by atoms with Crippen molar-refractivity contribution in [3.63, 3.8) is 0 Å². The predicted molar refractivity (Wildman–Crippen MR) is 50.1 cm³/mol. The van der Waals surface area contributed by atoms with Gasteiger partial charge in [0.15, 0.2) is 0 Å². The lowest BCUT2D eigenvalue weighted by atomic mass is 10.5. The molecule has 0 aromatic rings. The summed E-state index contributed by atoms with van der Waals surface area (Å²) < 4.78 is 8.76. The smallest absolute Gasteiger partial charge is 0.325 e. The number of esters is 2. The van der Waals surface area contributed by atoms with E-state index in [0.29, 0.717) is 0 Å². The first-order chi connectivity index (χ1) is 7.04. The molecule has 0 aliphatic rings. The number of nitrogens with one attached hydrogen (secondary N) is 1. The van der Waals surface area contributed by atoms with Crippen molar-refractivity contribution in [2.75, 3.05) is 34.4 Å². The summed E-state index contributed by atoms with van der Waals surface area (Å²) in [6.07, 6.45) is 0. The molecule has 0 unspecified atom stereocenters. The molecule has 7 heteroatoms. The number of hydrogen-bond acceptors (Lipinski definition) is 5. The summed E-state index contributed by atoms with van der Waals surface area (Å²) in [5.41, 5.74) is 0. The quantitative estimate of drug-likeness (QED) is 0.610. The van der Waals surface area contributed by atoms with E-state index in [-0.39, 0.29) is 13.1 Å².